The largest absolute Gasteiger partial charge is 0.244 e. The zero-order valence-electron chi connectivity index (χ0n) is 8.21. The molecule has 1 atom stereocenters. The fourth-order valence-corrected chi connectivity index (χ4v) is 2.67. The minimum atomic E-state index is 0.432. The monoisotopic (exact) mass is 204 g/mol. The summed E-state index contributed by atoms with van der Waals surface area (Å²) >= 11 is 5.13. The number of hydrogen-bond donors (Lipinski definition) is 0. The number of dihydropyridines is 1. The Labute approximate surface area is 89.3 Å². The van der Waals surface area contributed by atoms with E-state index in [4.69, 9.17) is 17.5 Å². The molecular weight excluding hydrogens is 192 g/mol. The second kappa shape index (κ2) is 3.62. The smallest absolute Gasteiger partial charge is 0.143 e. The number of fused-ring (bicyclic) bond motifs is 1. The Bertz CT molecular complexity index is 385. The second-order valence-electron chi connectivity index (χ2n) is 3.72. The minimum absolute atomic E-state index is 0.432. The summed E-state index contributed by atoms with van der Waals surface area (Å²) in [5, 5.41) is 9.02. The Morgan fingerprint density at radius 3 is 3.07 bits per heavy atom. The van der Waals surface area contributed by atoms with E-state index >= 15 is 0 Å². The van der Waals surface area contributed by atoms with E-state index in [2.05, 4.69) is 18.0 Å². The molecule has 2 aliphatic rings. The summed E-state index contributed by atoms with van der Waals surface area (Å²) in [5.41, 5.74) is 3.10. The van der Waals surface area contributed by atoms with Crippen LogP contribution in [0.3, 0.4) is 0 Å². The lowest BCUT2D eigenvalue weighted by Crippen LogP contribution is -2.20. The van der Waals surface area contributed by atoms with Gasteiger partial charge in [0.15, 0.2) is 0 Å². The summed E-state index contributed by atoms with van der Waals surface area (Å²) in [4.78, 5) is 4.87. The van der Waals surface area contributed by atoms with Crippen molar-refractivity contribution >= 4 is 22.9 Å². The molecular formula is C11H12N2S. The maximum atomic E-state index is 9.02. The first-order chi connectivity index (χ1) is 6.77. The number of aliphatic imine (C=N–C) groups is 1. The van der Waals surface area contributed by atoms with Gasteiger partial charge in [0.2, 0.25) is 0 Å². The van der Waals surface area contributed by atoms with Crippen LogP contribution < -0.4 is 0 Å². The standard InChI is InChI=1S/C11H12N2S/c1-2-7-8-4-3-5-10(8)13-11(14)9(7)6-12/h8H,2-5H2,1H3. The number of hydrogen-bond acceptors (Lipinski definition) is 2. The molecule has 0 saturated heterocycles. The molecule has 1 aliphatic heterocycles. The van der Waals surface area contributed by atoms with Crippen LogP contribution in [0.5, 0.6) is 0 Å². The maximum Gasteiger partial charge on any atom is 0.143 e. The van der Waals surface area contributed by atoms with Crippen LogP contribution in [0.2, 0.25) is 0 Å². The van der Waals surface area contributed by atoms with E-state index in [1.54, 1.807) is 0 Å². The van der Waals surface area contributed by atoms with E-state index in [0.717, 1.165) is 19.3 Å². The van der Waals surface area contributed by atoms with Crippen LogP contribution in [0.1, 0.15) is 32.6 Å². The van der Waals surface area contributed by atoms with E-state index in [1.165, 1.54) is 17.7 Å². The third-order valence-corrected chi connectivity index (χ3v) is 3.32. The highest BCUT2D eigenvalue weighted by atomic mass is 32.1. The highest BCUT2D eigenvalue weighted by Crippen LogP contribution is 2.36. The van der Waals surface area contributed by atoms with Crippen molar-refractivity contribution in [1.29, 1.82) is 5.26 Å². The predicted molar refractivity (Wildman–Crippen MR) is 60.3 cm³/mol. The van der Waals surface area contributed by atoms with Crippen molar-refractivity contribution in [2.24, 2.45) is 10.9 Å². The number of rotatable bonds is 1. The molecule has 2 rings (SSSR count). The van der Waals surface area contributed by atoms with Crippen LogP contribution in [0.4, 0.5) is 0 Å². The second-order valence-corrected chi connectivity index (χ2v) is 4.11. The van der Waals surface area contributed by atoms with Crippen LogP contribution in [-0.4, -0.2) is 10.7 Å². The van der Waals surface area contributed by atoms with Gasteiger partial charge in [0.25, 0.3) is 0 Å². The van der Waals surface area contributed by atoms with Gasteiger partial charge in [-0.05, 0) is 31.3 Å². The third kappa shape index (κ3) is 1.31. The molecule has 0 N–H and O–H groups in total. The predicted octanol–water partition coefficient (Wildman–Crippen LogP) is 2.80. The molecule has 0 spiro atoms. The van der Waals surface area contributed by atoms with Gasteiger partial charge in [0, 0.05) is 11.6 Å². The Morgan fingerprint density at radius 2 is 2.43 bits per heavy atom. The summed E-state index contributed by atoms with van der Waals surface area (Å²) in [5.74, 6) is 0.432. The van der Waals surface area contributed by atoms with E-state index in [9.17, 15) is 0 Å². The molecule has 72 valence electrons. The van der Waals surface area contributed by atoms with Crippen molar-refractivity contribution in [3.63, 3.8) is 0 Å². The van der Waals surface area contributed by atoms with Crippen molar-refractivity contribution in [3.8, 4) is 6.07 Å². The normalized spacial score (nSPS) is 25.9. The minimum Gasteiger partial charge on any atom is -0.244 e. The topological polar surface area (TPSA) is 36.1 Å². The highest BCUT2D eigenvalue weighted by molar-refractivity contribution is 7.80. The number of nitrogens with zero attached hydrogens (tertiary/aromatic N) is 2. The summed E-state index contributed by atoms with van der Waals surface area (Å²) < 4.78 is 0. The Hall–Kier alpha value is -1.01. The lowest BCUT2D eigenvalue weighted by Gasteiger charge is -2.20. The van der Waals surface area contributed by atoms with Gasteiger partial charge in [0.05, 0.1) is 5.57 Å². The van der Waals surface area contributed by atoms with Crippen molar-refractivity contribution in [3.05, 3.63) is 11.1 Å². The molecule has 0 aromatic rings. The van der Waals surface area contributed by atoms with Crippen molar-refractivity contribution < 1.29 is 0 Å². The average Bonchev–Trinajstić information content (AvgIpc) is 2.62. The average molecular weight is 204 g/mol. The number of thiocarbonyl (C=S) groups is 1. The first-order valence-corrected chi connectivity index (χ1v) is 5.43. The van der Waals surface area contributed by atoms with E-state index < -0.39 is 0 Å². The van der Waals surface area contributed by atoms with E-state index in [1.807, 2.05) is 0 Å². The highest BCUT2D eigenvalue weighted by Gasteiger charge is 2.31. The van der Waals surface area contributed by atoms with Crippen LogP contribution >= 0.6 is 12.2 Å². The van der Waals surface area contributed by atoms with Gasteiger partial charge < -0.3 is 0 Å². The molecule has 0 aromatic carbocycles. The van der Waals surface area contributed by atoms with Gasteiger partial charge in [-0.15, -0.1) is 0 Å². The first-order valence-electron chi connectivity index (χ1n) is 5.02. The Morgan fingerprint density at radius 1 is 1.64 bits per heavy atom. The molecule has 1 unspecified atom stereocenters. The van der Waals surface area contributed by atoms with Gasteiger partial charge in [-0.2, -0.15) is 5.26 Å². The Kier molecular flexibility index (Phi) is 2.47. The molecule has 0 amide bonds. The molecule has 2 nitrogen and oxygen atoms in total. The lowest BCUT2D eigenvalue weighted by atomic mass is 9.88. The van der Waals surface area contributed by atoms with Gasteiger partial charge in [-0.25, -0.2) is 4.99 Å². The molecule has 1 aliphatic carbocycles. The van der Waals surface area contributed by atoms with Crippen LogP contribution in [-0.2, 0) is 0 Å². The molecule has 0 aromatic heterocycles. The summed E-state index contributed by atoms with van der Waals surface area (Å²) in [6.45, 7) is 2.09. The van der Waals surface area contributed by atoms with Crippen molar-refractivity contribution in [2.45, 2.75) is 32.6 Å². The summed E-state index contributed by atoms with van der Waals surface area (Å²) in [6.07, 6.45) is 4.32. The quantitative estimate of drug-likeness (QED) is 0.616. The van der Waals surface area contributed by atoms with E-state index in [0.29, 0.717) is 16.5 Å². The molecule has 1 fully saturated rings. The van der Waals surface area contributed by atoms with E-state index in [-0.39, 0.29) is 0 Å². The molecule has 3 heteroatoms. The number of allylic oxidation sites excluding steroid dienone is 1. The molecule has 0 radical (unpaired) electrons. The molecule has 1 heterocycles. The lowest BCUT2D eigenvalue weighted by molar-refractivity contribution is 0.721. The van der Waals surface area contributed by atoms with Crippen LogP contribution in [0.25, 0.3) is 0 Å². The van der Waals surface area contributed by atoms with Crippen LogP contribution in [0, 0.1) is 17.2 Å². The third-order valence-electron chi connectivity index (χ3n) is 3.02. The van der Waals surface area contributed by atoms with Crippen LogP contribution in [0.15, 0.2) is 16.1 Å². The molecule has 14 heavy (non-hydrogen) atoms. The van der Waals surface area contributed by atoms with Gasteiger partial charge in [-0.1, -0.05) is 19.1 Å². The molecule has 1 saturated carbocycles. The summed E-state index contributed by atoms with van der Waals surface area (Å²) in [6, 6.07) is 2.20. The van der Waals surface area contributed by atoms with Crippen molar-refractivity contribution in [2.75, 3.05) is 0 Å². The fraction of sp³-hybridized carbons (Fsp3) is 0.545. The first kappa shape index (κ1) is 9.54. The fourth-order valence-electron chi connectivity index (χ4n) is 2.38. The van der Waals surface area contributed by atoms with Gasteiger partial charge >= 0.3 is 0 Å². The van der Waals surface area contributed by atoms with Gasteiger partial charge in [0.1, 0.15) is 11.1 Å². The molecule has 0 bridgehead atoms. The maximum absolute atomic E-state index is 9.02. The Balaban J connectivity index is 2.47. The van der Waals surface area contributed by atoms with Gasteiger partial charge in [-0.3, -0.25) is 0 Å². The summed E-state index contributed by atoms with van der Waals surface area (Å²) in [7, 11) is 0. The van der Waals surface area contributed by atoms with Crippen molar-refractivity contribution in [1.82, 2.24) is 0 Å². The zero-order chi connectivity index (χ0) is 10.1. The SMILES string of the molecule is CCC1=C(C#N)C(=S)N=C2CCCC21. The zero-order valence-corrected chi connectivity index (χ0v) is 9.02. The number of nitriles is 1.